The first kappa shape index (κ1) is 13.4. The third-order valence-electron chi connectivity index (χ3n) is 1.09. The maximum absolute atomic E-state index is 10.8. The molecule has 0 saturated carbocycles. The summed E-state index contributed by atoms with van der Waals surface area (Å²) in [6, 6.07) is -0.677. The van der Waals surface area contributed by atoms with E-state index >= 15 is 0 Å². The minimum atomic E-state index is -0.677. The molecule has 1 radical (unpaired) electrons. The van der Waals surface area contributed by atoms with Gasteiger partial charge in [-0.2, -0.15) is 0 Å². The molecule has 0 aromatic rings. The molecule has 0 aliphatic heterocycles. The van der Waals surface area contributed by atoms with Crippen molar-refractivity contribution in [2.45, 2.75) is 19.4 Å². The van der Waals surface area contributed by atoms with Crippen LogP contribution in [0.4, 0.5) is 0 Å². The first-order valence-electron chi connectivity index (χ1n) is 3.05. The van der Waals surface area contributed by atoms with Gasteiger partial charge in [0, 0.05) is 23.6 Å². The van der Waals surface area contributed by atoms with Crippen LogP contribution in [0.2, 0.25) is 0 Å². The molecule has 5 heteroatoms. The van der Waals surface area contributed by atoms with Crippen LogP contribution in [0, 0.1) is 0 Å². The Bertz CT molecular complexity index is 150. The van der Waals surface area contributed by atoms with Crippen LogP contribution < -0.4 is 11.5 Å². The van der Waals surface area contributed by atoms with Crippen molar-refractivity contribution in [3.05, 3.63) is 0 Å². The Kier molecular flexibility index (Phi) is 7.89. The zero-order valence-corrected chi connectivity index (χ0v) is 7.21. The summed E-state index contributed by atoms with van der Waals surface area (Å²) >= 11 is 0. The van der Waals surface area contributed by atoms with E-state index in [2.05, 4.69) is 0 Å². The van der Waals surface area contributed by atoms with Gasteiger partial charge in [0.2, 0.25) is 0 Å². The predicted octanol–water partition coefficient (Wildman–Crippen LogP) is -1.18. The Labute approximate surface area is 76.2 Å². The van der Waals surface area contributed by atoms with Crippen molar-refractivity contribution in [2.24, 2.45) is 11.5 Å². The van der Waals surface area contributed by atoms with Crippen LogP contribution in [0.15, 0.2) is 0 Å². The number of carbonyl (C=O) groups is 2. The molecular formula is C6H12CuN2O2. The zero-order chi connectivity index (χ0) is 8.15. The Morgan fingerprint density at radius 2 is 1.91 bits per heavy atom. The van der Waals surface area contributed by atoms with E-state index < -0.39 is 6.04 Å². The molecule has 0 aliphatic rings. The molecule has 0 spiro atoms. The molecule has 0 aliphatic carbocycles. The van der Waals surface area contributed by atoms with E-state index in [1.54, 1.807) is 0 Å². The molecule has 0 rings (SSSR count). The van der Waals surface area contributed by atoms with Crippen LogP contribution in [-0.4, -0.2) is 24.2 Å². The van der Waals surface area contributed by atoms with Crippen molar-refractivity contribution in [3.8, 4) is 0 Å². The average Bonchev–Trinajstić information content (AvgIpc) is 1.85. The molecule has 0 bridgehead atoms. The van der Waals surface area contributed by atoms with Crippen LogP contribution in [-0.2, 0) is 26.7 Å². The summed E-state index contributed by atoms with van der Waals surface area (Å²) in [5.74, 6) is -0.455. The number of Topliss-reactive ketones (excluding diaryl/α,β-unsaturated/α-hetero) is 2. The molecule has 1 atom stereocenters. The van der Waals surface area contributed by atoms with Crippen molar-refractivity contribution < 1.29 is 26.7 Å². The fourth-order valence-electron chi connectivity index (χ4n) is 0.508. The molecule has 0 saturated heterocycles. The number of ketones is 2. The second kappa shape index (κ2) is 6.49. The van der Waals surface area contributed by atoms with Gasteiger partial charge in [-0.1, -0.05) is 0 Å². The van der Waals surface area contributed by atoms with Crippen LogP contribution >= 0.6 is 0 Å². The maximum atomic E-state index is 10.8. The molecule has 4 nitrogen and oxygen atoms in total. The van der Waals surface area contributed by atoms with Crippen LogP contribution in [0.3, 0.4) is 0 Å². The van der Waals surface area contributed by atoms with E-state index in [0.717, 1.165) is 0 Å². The fourth-order valence-corrected chi connectivity index (χ4v) is 0.508. The molecule has 4 N–H and O–H groups in total. The van der Waals surface area contributed by atoms with E-state index in [1.165, 1.54) is 6.92 Å². The summed E-state index contributed by atoms with van der Waals surface area (Å²) in [7, 11) is 0. The molecule has 1 unspecified atom stereocenters. The first-order chi connectivity index (χ1) is 4.57. The van der Waals surface area contributed by atoms with E-state index in [9.17, 15) is 9.59 Å². The normalized spacial score (nSPS) is 11.5. The van der Waals surface area contributed by atoms with E-state index in [-0.39, 0.29) is 41.6 Å². The molecule has 11 heavy (non-hydrogen) atoms. The minimum Gasteiger partial charge on any atom is -0.328 e. The van der Waals surface area contributed by atoms with Gasteiger partial charge in [-0.05, 0) is 6.92 Å². The van der Waals surface area contributed by atoms with E-state index in [0.29, 0.717) is 0 Å². The smallest absolute Gasteiger partial charge is 0.158 e. The molecule has 0 aromatic heterocycles. The SMILES string of the molecule is CC(=O)CC(=O)C(N)CN.[Cu]. The van der Waals surface area contributed by atoms with Crippen molar-refractivity contribution in [1.82, 2.24) is 0 Å². The van der Waals surface area contributed by atoms with Gasteiger partial charge in [0.1, 0.15) is 5.78 Å². The minimum absolute atomic E-state index is 0. The van der Waals surface area contributed by atoms with Crippen LogP contribution in [0.5, 0.6) is 0 Å². The maximum Gasteiger partial charge on any atom is 0.158 e. The van der Waals surface area contributed by atoms with Gasteiger partial charge in [0.25, 0.3) is 0 Å². The Morgan fingerprint density at radius 1 is 1.45 bits per heavy atom. The van der Waals surface area contributed by atoms with Gasteiger partial charge < -0.3 is 11.5 Å². The summed E-state index contributed by atoms with van der Waals surface area (Å²) in [6.07, 6.45) is -0.0988. The van der Waals surface area contributed by atoms with Crippen LogP contribution in [0.1, 0.15) is 13.3 Å². The third-order valence-corrected chi connectivity index (χ3v) is 1.09. The molecule has 0 fully saturated rings. The molecular weight excluding hydrogens is 196 g/mol. The quantitative estimate of drug-likeness (QED) is 0.449. The Balaban J connectivity index is 0. The summed E-state index contributed by atoms with van der Waals surface area (Å²) in [5, 5.41) is 0. The second-order valence-corrected chi connectivity index (χ2v) is 2.19. The number of carbonyl (C=O) groups excluding carboxylic acids is 2. The van der Waals surface area contributed by atoms with Gasteiger partial charge in [-0.25, -0.2) is 0 Å². The number of hydrogen-bond donors (Lipinski definition) is 2. The van der Waals surface area contributed by atoms with Gasteiger partial charge >= 0.3 is 0 Å². The topological polar surface area (TPSA) is 86.2 Å². The van der Waals surface area contributed by atoms with Crippen LogP contribution in [0.25, 0.3) is 0 Å². The van der Waals surface area contributed by atoms with Gasteiger partial charge in [-0.15, -0.1) is 0 Å². The second-order valence-electron chi connectivity index (χ2n) is 2.19. The summed E-state index contributed by atoms with van der Waals surface area (Å²) in [4.78, 5) is 21.1. The van der Waals surface area contributed by atoms with Crippen molar-refractivity contribution in [3.63, 3.8) is 0 Å². The largest absolute Gasteiger partial charge is 0.328 e. The fraction of sp³-hybridized carbons (Fsp3) is 0.667. The van der Waals surface area contributed by atoms with Crippen molar-refractivity contribution >= 4 is 11.6 Å². The Hall–Kier alpha value is -0.221. The first-order valence-corrected chi connectivity index (χ1v) is 3.05. The van der Waals surface area contributed by atoms with Gasteiger partial charge in [0.15, 0.2) is 5.78 Å². The predicted molar refractivity (Wildman–Crippen MR) is 37.3 cm³/mol. The van der Waals surface area contributed by atoms with Crippen molar-refractivity contribution in [1.29, 1.82) is 0 Å². The summed E-state index contributed by atoms with van der Waals surface area (Å²) in [6.45, 7) is 1.45. The molecule has 0 amide bonds. The van der Waals surface area contributed by atoms with Gasteiger partial charge in [0.05, 0.1) is 12.5 Å². The standard InChI is InChI=1S/C6H12N2O2.Cu/c1-4(9)2-6(10)5(8)3-7;/h5H,2-3,7-8H2,1H3;. The summed E-state index contributed by atoms with van der Waals surface area (Å²) < 4.78 is 0. The molecule has 0 heterocycles. The van der Waals surface area contributed by atoms with E-state index in [4.69, 9.17) is 11.5 Å². The third kappa shape index (κ3) is 6.19. The molecule has 0 aromatic carbocycles. The molecule has 69 valence electrons. The number of nitrogens with two attached hydrogens (primary N) is 2. The monoisotopic (exact) mass is 207 g/mol. The summed E-state index contributed by atoms with van der Waals surface area (Å²) in [5.41, 5.74) is 10.3. The zero-order valence-electron chi connectivity index (χ0n) is 6.26. The van der Waals surface area contributed by atoms with Gasteiger partial charge in [-0.3, -0.25) is 9.59 Å². The van der Waals surface area contributed by atoms with Crippen molar-refractivity contribution in [2.75, 3.05) is 6.54 Å². The average molecular weight is 208 g/mol. The Morgan fingerprint density at radius 3 is 2.18 bits per heavy atom. The number of rotatable bonds is 4. The van der Waals surface area contributed by atoms with E-state index in [1.807, 2.05) is 0 Å². The number of hydrogen-bond acceptors (Lipinski definition) is 4.